The highest BCUT2D eigenvalue weighted by molar-refractivity contribution is 7.90. The number of halogens is 2. The van der Waals surface area contributed by atoms with Crippen molar-refractivity contribution in [3.8, 4) is 0 Å². The van der Waals surface area contributed by atoms with Crippen LogP contribution in [0.25, 0.3) is 0 Å². The normalized spacial score (nSPS) is 16.0. The van der Waals surface area contributed by atoms with E-state index < -0.39 is 40.1 Å². The molecule has 0 aliphatic carbocycles. The van der Waals surface area contributed by atoms with Crippen LogP contribution < -0.4 is 4.72 Å². The predicted molar refractivity (Wildman–Crippen MR) is 81.7 cm³/mol. The van der Waals surface area contributed by atoms with Crippen LogP contribution in [-0.2, 0) is 20.9 Å². The number of esters is 1. The second-order valence-corrected chi connectivity index (χ2v) is 7.68. The molecule has 124 valence electrons. The largest absolute Gasteiger partial charge is 0.598 e. The third-order valence-electron chi connectivity index (χ3n) is 2.80. The van der Waals surface area contributed by atoms with Crippen LogP contribution in [0.5, 0.6) is 0 Å². The lowest BCUT2D eigenvalue weighted by Gasteiger charge is -2.29. The minimum Gasteiger partial charge on any atom is -0.598 e. The van der Waals surface area contributed by atoms with Crippen molar-refractivity contribution in [2.75, 3.05) is 6.61 Å². The van der Waals surface area contributed by atoms with E-state index in [1.165, 1.54) is 18.2 Å². The van der Waals surface area contributed by atoms with Crippen LogP contribution in [-0.4, -0.2) is 28.0 Å². The standard InChI is InChI=1S/C15H21F2NO3S/c1-5-21-14(19)12(17)13(18-22(20)15(2,3)4)10-7-6-8-11(16)9-10/h6-9,12-13,18H,5H2,1-4H3/t12-,13+,22?/m1/s1. The zero-order chi connectivity index (χ0) is 16.9. The number of hydrogen-bond acceptors (Lipinski definition) is 4. The van der Waals surface area contributed by atoms with E-state index in [4.69, 9.17) is 0 Å². The Morgan fingerprint density at radius 1 is 1.45 bits per heavy atom. The molecule has 3 atom stereocenters. The van der Waals surface area contributed by atoms with Crippen molar-refractivity contribution in [3.05, 3.63) is 35.6 Å². The van der Waals surface area contributed by atoms with Gasteiger partial charge in [-0.05, 0) is 45.4 Å². The number of alkyl halides is 1. The van der Waals surface area contributed by atoms with Crippen molar-refractivity contribution < 1.29 is 22.9 Å². The summed E-state index contributed by atoms with van der Waals surface area (Å²) in [7, 11) is 0. The molecule has 0 bridgehead atoms. The van der Waals surface area contributed by atoms with Gasteiger partial charge in [-0.2, -0.15) is 0 Å². The van der Waals surface area contributed by atoms with E-state index in [1.54, 1.807) is 27.7 Å². The average Bonchev–Trinajstić information content (AvgIpc) is 2.42. The average molecular weight is 333 g/mol. The summed E-state index contributed by atoms with van der Waals surface area (Å²) in [6.45, 7) is 6.70. The van der Waals surface area contributed by atoms with Crippen LogP contribution in [0.1, 0.15) is 39.3 Å². The van der Waals surface area contributed by atoms with Crippen molar-refractivity contribution in [3.63, 3.8) is 0 Å². The summed E-state index contributed by atoms with van der Waals surface area (Å²) in [6.07, 6.45) is -2.09. The zero-order valence-electron chi connectivity index (χ0n) is 13.1. The molecule has 0 aromatic heterocycles. The second kappa shape index (κ2) is 7.89. The third-order valence-corrected chi connectivity index (χ3v) is 4.38. The molecule has 0 aliphatic heterocycles. The number of rotatable bonds is 6. The Hall–Kier alpha value is -1.18. The van der Waals surface area contributed by atoms with Gasteiger partial charge in [-0.3, -0.25) is 0 Å². The Labute approximate surface area is 132 Å². The van der Waals surface area contributed by atoms with Gasteiger partial charge in [-0.1, -0.05) is 12.1 Å². The molecule has 0 fully saturated rings. The van der Waals surface area contributed by atoms with E-state index in [1.807, 2.05) is 0 Å². The molecule has 7 heteroatoms. The first-order valence-corrected chi connectivity index (χ1v) is 8.06. The highest BCUT2D eigenvalue weighted by atomic mass is 32.2. The lowest BCUT2D eigenvalue weighted by Crippen LogP contribution is -2.45. The van der Waals surface area contributed by atoms with Gasteiger partial charge in [0.25, 0.3) is 0 Å². The Bertz CT molecular complexity index is 508. The van der Waals surface area contributed by atoms with Crippen molar-refractivity contribution in [2.24, 2.45) is 0 Å². The van der Waals surface area contributed by atoms with Crippen molar-refractivity contribution in [1.82, 2.24) is 4.72 Å². The predicted octanol–water partition coefficient (Wildman–Crippen LogP) is 2.82. The minimum absolute atomic E-state index is 0.0253. The SMILES string of the molecule is CCOC(=O)[C@H](F)[C@@H](N[S+]([O-])C(C)(C)C)c1cccc(F)c1. The zero-order valence-corrected chi connectivity index (χ0v) is 13.9. The van der Waals surface area contributed by atoms with Gasteiger partial charge in [0.15, 0.2) is 0 Å². The molecule has 0 spiro atoms. The lowest BCUT2D eigenvalue weighted by atomic mass is 10.0. The summed E-state index contributed by atoms with van der Waals surface area (Å²) >= 11 is -1.64. The number of benzene rings is 1. The van der Waals surface area contributed by atoms with Crippen molar-refractivity contribution in [1.29, 1.82) is 0 Å². The Kier molecular flexibility index (Phi) is 6.77. The fraction of sp³-hybridized carbons (Fsp3) is 0.533. The molecular formula is C15H21F2NO3S. The van der Waals surface area contributed by atoms with Crippen LogP contribution in [0.15, 0.2) is 24.3 Å². The maximum absolute atomic E-state index is 14.4. The molecule has 0 saturated heterocycles. The molecule has 0 amide bonds. The van der Waals surface area contributed by atoms with E-state index in [0.717, 1.165) is 6.07 Å². The van der Waals surface area contributed by atoms with Gasteiger partial charge >= 0.3 is 5.97 Å². The molecule has 1 unspecified atom stereocenters. The molecule has 0 saturated carbocycles. The topological polar surface area (TPSA) is 61.4 Å². The molecule has 1 aromatic carbocycles. The van der Waals surface area contributed by atoms with Crippen molar-refractivity contribution >= 4 is 17.3 Å². The summed E-state index contributed by atoms with van der Waals surface area (Å²) in [5, 5.41) is 0. The van der Waals surface area contributed by atoms with Crippen LogP contribution >= 0.6 is 0 Å². The molecular weight excluding hydrogens is 312 g/mol. The van der Waals surface area contributed by atoms with E-state index in [0.29, 0.717) is 0 Å². The number of carbonyl (C=O) groups excluding carboxylic acids is 1. The third kappa shape index (κ3) is 5.23. The van der Waals surface area contributed by atoms with Gasteiger partial charge < -0.3 is 9.29 Å². The number of carbonyl (C=O) groups is 1. The summed E-state index contributed by atoms with van der Waals surface area (Å²) < 4.78 is 46.6. The van der Waals surface area contributed by atoms with E-state index in [-0.39, 0.29) is 12.2 Å². The Morgan fingerprint density at radius 2 is 2.09 bits per heavy atom. The number of hydrogen-bond donors (Lipinski definition) is 1. The maximum atomic E-state index is 14.4. The van der Waals surface area contributed by atoms with Crippen LogP contribution in [0.3, 0.4) is 0 Å². The first kappa shape index (κ1) is 18.9. The van der Waals surface area contributed by atoms with Gasteiger partial charge in [0, 0.05) is 11.4 Å². The van der Waals surface area contributed by atoms with E-state index >= 15 is 0 Å². The summed E-state index contributed by atoms with van der Waals surface area (Å²) in [4.78, 5) is 11.6. The minimum atomic E-state index is -2.09. The molecule has 0 heterocycles. The van der Waals surface area contributed by atoms with Crippen molar-refractivity contribution in [2.45, 2.75) is 44.7 Å². The monoisotopic (exact) mass is 333 g/mol. The molecule has 0 aliphatic rings. The first-order valence-electron chi connectivity index (χ1n) is 6.91. The first-order chi connectivity index (χ1) is 10.2. The van der Waals surface area contributed by atoms with Crippen LogP contribution in [0.2, 0.25) is 0 Å². The molecule has 1 N–H and O–H groups in total. The van der Waals surface area contributed by atoms with Crippen LogP contribution in [0.4, 0.5) is 8.78 Å². The van der Waals surface area contributed by atoms with Gasteiger partial charge in [-0.15, -0.1) is 4.72 Å². The lowest BCUT2D eigenvalue weighted by molar-refractivity contribution is -0.150. The molecule has 1 aromatic rings. The number of ether oxygens (including phenoxy) is 1. The van der Waals surface area contributed by atoms with E-state index in [2.05, 4.69) is 9.46 Å². The fourth-order valence-electron chi connectivity index (χ4n) is 1.65. The quantitative estimate of drug-likeness (QED) is 0.642. The van der Waals surface area contributed by atoms with Crippen LogP contribution in [0, 0.1) is 5.82 Å². The van der Waals surface area contributed by atoms with E-state index in [9.17, 15) is 18.1 Å². The summed E-state index contributed by atoms with van der Waals surface area (Å²) in [5.41, 5.74) is 0.193. The highest BCUT2D eigenvalue weighted by Crippen LogP contribution is 2.25. The maximum Gasteiger partial charge on any atom is 0.342 e. The smallest absolute Gasteiger partial charge is 0.342 e. The summed E-state index contributed by atoms with van der Waals surface area (Å²) in [6, 6.07) is 3.92. The Balaban J connectivity index is 3.07. The summed E-state index contributed by atoms with van der Waals surface area (Å²) in [5.74, 6) is -1.64. The van der Waals surface area contributed by atoms with Gasteiger partial charge in [0.05, 0.1) is 6.61 Å². The van der Waals surface area contributed by atoms with Gasteiger partial charge in [0.1, 0.15) is 16.6 Å². The van der Waals surface area contributed by atoms with Gasteiger partial charge in [0.2, 0.25) is 6.17 Å². The van der Waals surface area contributed by atoms with Gasteiger partial charge in [-0.25, -0.2) is 13.6 Å². The highest BCUT2D eigenvalue weighted by Gasteiger charge is 2.37. The molecule has 4 nitrogen and oxygen atoms in total. The second-order valence-electron chi connectivity index (χ2n) is 5.69. The molecule has 0 radical (unpaired) electrons. The molecule has 1 rings (SSSR count). The number of nitrogens with one attached hydrogen (secondary N) is 1. The molecule has 22 heavy (non-hydrogen) atoms. The fourth-order valence-corrected chi connectivity index (χ4v) is 2.49. The Morgan fingerprint density at radius 3 is 2.59 bits per heavy atom.